The summed E-state index contributed by atoms with van der Waals surface area (Å²) in [5, 5.41) is 1.77. The first-order valence-electron chi connectivity index (χ1n) is 7.02. The summed E-state index contributed by atoms with van der Waals surface area (Å²) in [4.78, 5) is 21.4. The SMILES string of the molecule is C=CCn1c(SCc2cccnc2)nc2cc(Cl)ccc2c1=O. The predicted molar refractivity (Wildman–Crippen MR) is 95.0 cm³/mol. The van der Waals surface area contributed by atoms with E-state index in [0.717, 1.165) is 5.56 Å². The van der Waals surface area contributed by atoms with Crippen molar-refractivity contribution in [3.8, 4) is 0 Å². The Hall–Kier alpha value is -2.11. The van der Waals surface area contributed by atoms with E-state index in [1.165, 1.54) is 11.8 Å². The molecule has 0 aliphatic rings. The molecular formula is C17H14ClN3OS. The van der Waals surface area contributed by atoms with Crippen LogP contribution in [0.1, 0.15) is 5.56 Å². The van der Waals surface area contributed by atoms with Crippen molar-refractivity contribution in [1.82, 2.24) is 14.5 Å². The number of aromatic nitrogens is 3. The summed E-state index contributed by atoms with van der Waals surface area (Å²) in [6, 6.07) is 9.01. The predicted octanol–water partition coefficient (Wildman–Crippen LogP) is 3.92. The minimum Gasteiger partial charge on any atom is -0.283 e. The van der Waals surface area contributed by atoms with Crippen LogP contribution in [-0.4, -0.2) is 14.5 Å². The molecule has 3 aromatic rings. The molecule has 0 saturated carbocycles. The van der Waals surface area contributed by atoms with E-state index in [2.05, 4.69) is 16.5 Å². The zero-order valence-electron chi connectivity index (χ0n) is 12.3. The number of hydrogen-bond donors (Lipinski definition) is 0. The van der Waals surface area contributed by atoms with Gasteiger partial charge in [-0.15, -0.1) is 6.58 Å². The lowest BCUT2D eigenvalue weighted by atomic mass is 10.2. The Kier molecular flexibility index (Phi) is 4.79. The Balaban J connectivity index is 2.04. The third-order valence-electron chi connectivity index (χ3n) is 3.28. The molecule has 23 heavy (non-hydrogen) atoms. The highest BCUT2D eigenvalue weighted by Crippen LogP contribution is 2.23. The summed E-state index contributed by atoms with van der Waals surface area (Å²) in [5.41, 5.74) is 1.60. The first kappa shape index (κ1) is 15.8. The van der Waals surface area contributed by atoms with Crippen LogP contribution in [0.25, 0.3) is 10.9 Å². The van der Waals surface area contributed by atoms with E-state index in [0.29, 0.717) is 33.4 Å². The lowest BCUT2D eigenvalue weighted by Crippen LogP contribution is -2.22. The lowest BCUT2D eigenvalue weighted by Gasteiger charge is -2.11. The van der Waals surface area contributed by atoms with Crippen LogP contribution >= 0.6 is 23.4 Å². The van der Waals surface area contributed by atoms with Gasteiger partial charge in [-0.1, -0.05) is 35.5 Å². The second-order valence-corrected chi connectivity index (χ2v) is 6.29. The van der Waals surface area contributed by atoms with Gasteiger partial charge in [0.05, 0.1) is 10.9 Å². The van der Waals surface area contributed by atoms with Gasteiger partial charge in [0.2, 0.25) is 0 Å². The van der Waals surface area contributed by atoms with Crippen molar-refractivity contribution < 1.29 is 0 Å². The largest absolute Gasteiger partial charge is 0.283 e. The highest BCUT2D eigenvalue weighted by atomic mass is 35.5. The molecule has 0 saturated heterocycles. The van der Waals surface area contributed by atoms with Crippen LogP contribution in [-0.2, 0) is 12.3 Å². The summed E-state index contributed by atoms with van der Waals surface area (Å²) in [5.74, 6) is 0.684. The molecule has 2 aromatic heterocycles. The van der Waals surface area contributed by atoms with Gasteiger partial charge in [0.25, 0.3) is 5.56 Å². The number of thioether (sulfide) groups is 1. The molecule has 0 amide bonds. The topological polar surface area (TPSA) is 47.8 Å². The summed E-state index contributed by atoms with van der Waals surface area (Å²) in [6.07, 6.45) is 5.23. The minimum atomic E-state index is -0.0831. The molecule has 6 heteroatoms. The van der Waals surface area contributed by atoms with Gasteiger partial charge >= 0.3 is 0 Å². The molecular weight excluding hydrogens is 330 g/mol. The number of halogens is 1. The summed E-state index contributed by atoms with van der Waals surface area (Å²) in [7, 11) is 0. The molecule has 0 atom stereocenters. The molecule has 2 heterocycles. The van der Waals surface area contributed by atoms with Crippen molar-refractivity contribution in [2.75, 3.05) is 0 Å². The lowest BCUT2D eigenvalue weighted by molar-refractivity contribution is 0.671. The van der Waals surface area contributed by atoms with Crippen molar-refractivity contribution in [2.45, 2.75) is 17.5 Å². The van der Waals surface area contributed by atoms with E-state index in [9.17, 15) is 4.79 Å². The number of benzene rings is 1. The Morgan fingerprint density at radius 3 is 2.96 bits per heavy atom. The molecule has 0 fully saturated rings. The zero-order chi connectivity index (χ0) is 16.2. The average molecular weight is 344 g/mol. The highest BCUT2D eigenvalue weighted by molar-refractivity contribution is 7.98. The van der Waals surface area contributed by atoms with Gasteiger partial charge in [-0.2, -0.15) is 0 Å². The number of allylic oxidation sites excluding steroid dienone is 1. The molecule has 0 spiro atoms. The van der Waals surface area contributed by atoms with Gasteiger partial charge < -0.3 is 0 Å². The number of fused-ring (bicyclic) bond motifs is 1. The molecule has 0 unspecified atom stereocenters. The van der Waals surface area contributed by atoms with Gasteiger partial charge in [-0.25, -0.2) is 4.98 Å². The molecule has 3 rings (SSSR count). The van der Waals surface area contributed by atoms with Crippen molar-refractivity contribution >= 4 is 34.3 Å². The molecule has 0 N–H and O–H groups in total. The maximum Gasteiger partial charge on any atom is 0.262 e. The summed E-state index contributed by atoms with van der Waals surface area (Å²) in [6.45, 7) is 4.14. The molecule has 0 aliphatic heterocycles. The molecule has 1 aromatic carbocycles. The fourth-order valence-corrected chi connectivity index (χ4v) is 3.31. The van der Waals surface area contributed by atoms with E-state index in [4.69, 9.17) is 11.6 Å². The maximum atomic E-state index is 12.7. The van der Waals surface area contributed by atoms with E-state index >= 15 is 0 Å². The monoisotopic (exact) mass is 343 g/mol. The van der Waals surface area contributed by atoms with E-state index in [-0.39, 0.29) is 5.56 Å². The number of pyridine rings is 1. The molecule has 4 nitrogen and oxygen atoms in total. The van der Waals surface area contributed by atoms with E-state index < -0.39 is 0 Å². The number of hydrogen-bond acceptors (Lipinski definition) is 4. The number of nitrogens with zero attached hydrogens (tertiary/aromatic N) is 3. The maximum absolute atomic E-state index is 12.7. The van der Waals surface area contributed by atoms with Crippen LogP contribution in [0.4, 0.5) is 0 Å². The van der Waals surface area contributed by atoms with Crippen LogP contribution in [0, 0.1) is 0 Å². The Bertz CT molecular complexity index is 909. The van der Waals surface area contributed by atoms with Crippen LogP contribution in [0.3, 0.4) is 0 Å². The second kappa shape index (κ2) is 6.98. The highest BCUT2D eigenvalue weighted by Gasteiger charge is 2.11. The van der Waals surface area contributed by atoms with Gasteiger partial charge in [-0.3, -0.25) is 14.3 Å². The smallest absolute Gasteiger partial charge is 0.262 e. The third kappa shape index (κ3) is 3.46. The molecule has 0 radical (unpaired) electrons. The first-order chi connectivity index (χ1) is 11.2. The number of rotatable bonds is 5. The van der Waals surface area contributed by atoms with Crippen LogP contribution < -0.4 is 5.56 Å². The summed E-state index contributed by atoms with van der Waals surface area (Å²) < 4.78 is 1.63. The van der Waals surface area contributed by atoms with Gasteiger partial charge in [0, 0.05) is 29.7 Å². The second-order valence-electron chi connectivity index (χ2n) is 4.91. The van der Waals surface area contributed by atoms with Crippen LogP contribution in [0.5, 0.6) is 0 Å². The fraction of sp³-hybridized carbons (Fsp3) is 0.118. The minimum absolute atomic E-state index is 0.0831. The average Bonchev–Trinajstić information content (AvgIpc) is 2.56. The van der Waals surface area contributed by atoms with E-state index in [1.807, 2.05) is 12.1 Å². The fourth-order valence-electron chi connectivity index (χ4n) is 2.21. The van der Waals surface area contributed by atoms with Crippen molar-refractivity contribution in [1.29, 1.82) is 0 Å². The molecule has 0 aliphatic carbocycles. The first-order valence-corrected chi connectivity index (χ1v) is 8.38. The molecule has 116 valence electrons. The van der Waals surface area contributed by atoms with E-state index in [1.54, 1.807) is 41.2 Å². The van der Waals surface area contributed by atoms with Gasteiger partial charge in [-0.05, 0) is 29.8 Å². The zero-order valence-corrected chi connectivity index (χ0v) is 13.8. The van der Waals surface area contributed by atoms with Crippen molar-refractivity contribution in [3.63, 3.8) is 0 Å². The van der Waals surface area contributed by atoms with Crippen LogP contribution in [0.15, 0.2) is 65.3 Å². The Labute approximate surface area is 142 Å². The van der Waals surface area contributed by atoms with Crippen LogP contribution in [0.2, 0.25) is 5.02 Å². The van der Waals surface area contributed by atoms with Crippen molar-refractivity contribution in [3.05, 3.63) is 76.3 Å². The van der Waals surface area contributed by atoms with Gasteiger partial charge in [0.15, 0.2) is 5.16 Å². The van der Waals surface area contributed by atoms with Gasteiger partial charge in [0.1, 0.15) is 0 Å². The molecule has 0 bridgehead atoms. The van der Waals surface area contributed by atoms with Crippen molar-refractivity contribution in [2.24, 2.45) is 0 Å². The third-order valence-corrected chi connectivity index (χ3v) is 4.57. The standard InChI is InChI=1S/C17H14ClN3OS/c1-2-8-21-16(22)14-6-5-13(18)9-15(14)20-17(21)23-11-12-4-3-7-19-10-12/h2-7,9-10H,1,8,11H2. The Morgan fingerprint density at radius 2 is 2.22 bits per heavy atom. The summed E-state index contributed by atoms with van der Waals surface area (Å²) >= 11 is 7.51. The normalized spacial score (nSPS) is 10.8. The Morgan fingerprint density at radius 1 is 1.35 bits per heavy atom. The quantitative estimate of drug-likeness (QED) is 0.400.